The first kappa shape index (κ1) is 29.2. The molecule has 0 bridgehead atoms. The molecule has 0 spiro atoms. The molecule has 3 aromatic rings. The smallest absolute Gasteiger partial charge is 0.264 e. The van der Waals surface area contributed by atoms with Crippen LogP contribution >= 0.6 is 11.6 Å². The minimum absolute atomic E-state index is 0.0109. The number of hydrogen-bond acceptors (Lipinski definition) is 4. The van der Waals surface area contributed by atoms with Crippen LogP contribution in [0.1, 0.15) is 35.6 Å². The number of anilines is 1. The van der Waals surface area contributed by atoms with Crippen LogP contribution in [0.15, 0.2) is 71.6 Å². The number of halogens is 1. The standard InChI is InChI=1S/C29H34ClN3O4S/c1-6-27(29(35)31-5)32(18-23-10-8-7-9-21(23)3)28(34)19-33(25-14-11-20(2)22(4)17-25)38(36,37)26-15-12-24(30)13-16-26/h7-17,27H,6,18-19H2,1-5H3,(H,31,35)/t27-/m0/s1. The second-order valence-electron chi connectivity index (χ2n) is 9.22. The van der Waals surface area contributed by atoms with E-state index in [0.717, 1.165) is 26.6 Å². The summed E-state index contributed by atoms with van der Waals surface area (Å²) in [5, 5.41) is 3.04. The lowest BCUT2D eigenvalue weighted by molar-refractivity contribution is -0.140. The molecule has 202 valence electrons. The third kappa shape index (κ3) is 6.55. The number of rotatable bonds is 10. The fourth-order valence-electron chi connectivity index (χ4n) is 4.20. The molecule has 0 unspecified atom stereocenters. The van der Waals surface area contributed by atoms with Gasteiger partial charge in [0.25, 0.3) is 10.0 Å². The van der Waals surface area contributed by atoms with Crippen LogP contribution in [0.4, 0.5) is 5.69 Å². The van der Waals surface area contributed by atoms with E-state index in [1.165, 1.54) is 36.2 Å². The van der Waals surface area contributed by atoms with Crippen molar-refractivity contribution in [2.45, 2.75) is 51.6 Å². The summed E-state index contributed by atoms with van der Waals surface area (Å²) >= 11 is 6.00. The summed E-state index contributed by atoms with van der Waals surface area (Å²) in [6.07, 6.45) is 0.366. The molecule has 7 nitrogen and oxygen atoms in total. The molecule has 0 aromatic heterocycles. The topological polar surface area (TPSA) is 86.8 Å². The number of carbonyl (C=O) groups is 2. The highest BCUT2D eigenvalue weighted by molar-refractivity contribution is 7.92. The van der Waals surface area contributed by atoms with E-state index in [0.29, 0.717) is 17.1 Å². The number of nitrogens with zero attached hydrogens (tertiary/aromatic N) is 2. The number of carbonyl (C=O) groups excluding carboxylic acids is 2. The molecule has 0 aliphatic rings. The van der Waals surface area contributed by atoms with Crippen LogP contribution in [0.2, 0.25) is 5.02 Å². The van der Waals surface area contributed by atoms with Gasteiger partial charge in [0.05, 0.1) is 10.6 Å². The first-order chi connectivity index (χ1) is 18.0. The van der Waals surface area contributed by atoms with Crippen LogP contribution in [0.5, 0.6) is 0 Å². The van der Waals surface area contributed by atoms with E-state index < -0.39 is 28.5 Å². The van der Waals surface area contributed by atoms with Crippen LogP contribution in [0.25, 0.3) is 0 Å². The quantitative estimate of drug-likeness (QED) is 0.381. The van der Waals surface area contributed by atoms with Gasteiger partial charge in [0.1, 0.15) is 12.6 Å². The molecular weight excluding hydrogens is 522 g/mol. The Balaban J connectivity index is 2.10. The molecule has 1 N–H and O–H groups in total. The number of likely N-dealkylation sites (N-methyl/N-ethyl adjacent to an activating group) is 1. The Morgan fingerprint density at radius 2 is 1.58 bits per heavy atom. The maximum atomic E-state index is 14.0. The molecule has 2 amide bonds. The monoisotopic (exact) mass is 555 g/mol. The van der Waals surface area contributed by atoms with Crippen LogP contribution < -0.4 is 9.62 Å². The second kappa shape index (κ2) is 12.5. The lowest BCUT2D eigenvalue weighted by Gasteiger charge is -2.33. The Bertz CT molecular complexity index is 1410. The highest BCUT2D eigenvalue weighted by Gasteiger charge is 2.33. The molecule has 1 atom stereocenters. The fraction of sp³-hybridized carbons (Fsp3) is 0.310. The number of nitrogens with one attached hydrogen (secondary N) is 1. The molecule has 38 heavy (non-hydrogen) atoms. The van der Waals surface area contributed by atoms with Crippen molar-refractivity contribution in [3.8, 4) is 0 Å². The van der Waals surface area contributed by atoms with Crippen molar-refractivity contribution in [1.82, 2.24) is 10.2 Å². The van der Waals surface area contributed by atoms with Crippen molar-refractivity contribution in [2.75, 3.05) is 17.9 Å². The number of benzene rings is 3. The molecule has 0 saturated heterocycles. The third-order valence-electron chi connectivity index (χ3n) is 6.69. The third-order valence-corrected chi connectivity index (χ3v) is 8.73. The van der Waals surface area contributed by atoms with E-state index in [2.05, 4.69) is 5.32 Å². The molecule has 0 radical (unpaired) electrons. The highest BCUT2D eigenvalue weighted by Crippen LogP contribution is 2.27. The molecule has 0 heterocycles. The number of sulfonamides is 1. The van der Waals surface area contributed by atoms with Gasteiger partial charge < -0.3 is 10.2 Å². The molecule has 0 fully saturated rings. The first-order valence-electron chi connectivity index (χ1n) is 12.4. The summed E-state index contributed by atoms with van der Waals surface area (Å²) in [6, 6.07) is 17.9. The predicted octanol–water partition coefficient (Wildman–Crippen LogP) is 5.01. The van der Waals surface area contributed by atoms with E-state index in [9.17, 15) is 18.0 Å². The Morgan fingerprint density at radius 3 is 2.16 bits per heavy atom. The molecule has 9 heteroatoms. The molecule has 3 aromatic carbocycles. The summed E-state index contributed by atoms with van der Waals surface area (Å²) in [5.41, 5.74) is 4.09. The van der Waals surface area contributed by atoms with Gasteiger partial charge in [0, 0.05) is 18.6 Å². The van der Waals surface area contributed by atoms with Crippen molar-refractivity contribution in [2.24, 2.45) is 0 Å². The normalized spacial score (nSPS) is 12.1. The molecule has 3 rings (SSSR count). The molecule has 0 saturated carbocycles. The van der Waals surface area contributed by atoms with Gasteiger partial charge in [-0.25, -0.2) is 8.42 Å². The maximum absolute atomic E-state index is 14.0. The lowest BCUT2D eigenvalue weighted by Crippen LogP contribution is -2.51. The largest absolute Gasteiger partial charge is 0.357 e. The summed E-state index contributed by atoms with van der Waals surface area (Å²) < 4.78 is 28.8. The van der Waals surface area contributed by atoms with Crippen molar-refractivity contribution in [3.63, 3.8) is 0 Å². The van der Waals surface area contributed by atoms with E-state index in [-0.39, 0.29) is 17.3 Å². The zero-order chi connectivity index (χ0) is 28.0. The van der Waals surface area contributed by atoms with Gasteiger partial charge in [0.2, 0.25) is 11.8 Å². The van der Waals surface area contributed by atoms with Gasteiger partial charge >= 0.3 is 0 Å². The summed E-state index contributed by atoms with van der Waals surface area (Å²) in [5.74, 6) is -0.799. The van der Waals surface area contributed by atoms with E-state index >= 15 is 0 Å². The molecule has 0 aliphatic carbocycles. The van der Waals surface area contributed by atoms with Crippen molar-refractivity contribution in [3.05, 3.63) is 94.0 Å². The van der Waals surface area contributed by atoms with Gasteiger partial charge in [-0.2, -0.15) is 0 Å². The maximum Gasteiger partial charge on any atom is 0.264 e. The fourth-order valence-corrected chi connectivity index (χ4v) is 5.73. The van der Waals surface area contributed by atoms with Crippen LogP contribution in [0, 0.1) is 20.8 Å². The van der Waals surface area contributed by atoms with E-state index in [1.807, 2.05) is 58.0 Å². The zero-order valence-electron chi connectivity index (χ0n) is 22.4. The lowest BCUT2D eigenvalue weighted by atomic mass is 10.1. The van der Waals surface area contributed by atoms with Crippen LogP contribution in [0.3, 0.4) is 0 Å². The minimum Gasteiger partial charge on any atom is -0.357 e. The van der Waals surface area contributed by atoms with Gasteiger partial charge in [-0.05, 0) is 85.8 Å². The van der Waals surface area contributed by atoms with Gasteiger partial charge in [-0.3, -0.25) is 13.9 Å². The Labute approximate surface area is 230 Å². The van der Waals surface area contributed by atoms with E-state index in [4.69, 9.17) is 11.6 Å². The number of amides is 2. The van der Waals surface area contributed by atoms with E-state index in [1.54, 1.807) is 12.1 Å². The Kier molecular flexibility index (Phi) is 9.57. The van der Waals surface area contributed by atoms with Crippen molar-refractivity contribution < 1.29 is 18.0 Å². The Hall–Kier alpha value is -3.36. The van der Waals surface area contributed by atoms with Crippen LogP contribution in [-0.4, -0.2) is 44.8 Å². The predicted molar refractivity (Wildman–Crippen MR) is 152 cm³/mol. The summed E-state index contributed by atoms with van der Waals surface area (Å²) in [7, 11) is -2.62. The SMILES string of the molecule is CC[C@@H](C(=O)NC)N(Cc1ccccc1C)C(=O)CN(c1ccc(C)c(C)c1)S(=O)(=O)c1ccc(Cl)cc1. The number of aryl methyl sites for hydroxylation is 3. The van der Waals surface area contributed by atoms with Gasteiger partial charge in [-0.1, -0.05) is 48.9 Å². The average molecular weight is 556 g/mol. The zero-order valence-corrected chi connectivity index (χ0v) is 23.9. The number of hydrogen-bond donors (Lipinski definition) is 1. The van der Waals surface area contributed by atoms with Crippen molar-refractivity contribution in [1.29, 1.82) is 0 Å². The summed E-state index contributed by atoms with van der Waals surface area (Å²) in [6.45, 7) is 7.26. The second-order valence-corrected chi connectivity index (χ2v) is 11.5. The Morgan fingerprint density at radius 1 is 0.921 bits per heavy atom. The highest BCUT2D eigenvalue weighted by atomic mass is 35.5. The van der Waals surface area contributed by atoms with Gasteiger partial charge in [-0.15, -0.1) is 0 Å². The summed E-state index contributed by atoms with van der Waals surface area (Å²) in [4.78, 5) is 28.2. The van der Waals surface area contributed by atoms with Gasteiger partial charge in [0.15, 0.2) is 0 Å². The molecule has 0 aliphatic heterocycles. The molecular formula is C29H34ClN3O4S. The minimum atomic E-state index is -4.14. The van der Waals surface area contributed by atoms with Crippen LogP contribution in [-0.2, 0) is 26.2 Å². The van der Waals surface area contributed by atoms with Crippen molar-refractivity contribution >= 4 is 39.1 Å². The first-order valence-corrected chi connectivity index (χ1v) is 14.2. The average Bonchev–Trinajstić information content (AvgIpc) is 2.89.